The molecule has 2 aliphatic rings. The number of aromatic nitrogens is 1. The van der Waals surface area contributed by atoms with Crippen LogP contribution in [0.25, 0.3) is 0 Å². The number of amides is 1. The molecule has 2 heterocycles. The van der Waals surface area contributed by atoms with Crippen LogP contribution < -0.4 is 14.4 Å². The number of benzene rings is 1. The first-order chi connectivity index (χ1) is 19.7. The van der Waals surface area contributed by atoms with Crippen LogP contribution in [0.1, 0.15) is 80.9 Å². The zero-order valence-corrected chi connectivity index (χ0v) is 26.5. The maximum Gasteiger partial charge on any atom is 0.281 e. The van der Waals surface area contributed by atoms with Crippen molar-refractivity contribution < 1.29 is 18.5 Å². The first-order valence-corrected chi connectivity index (χ1v) is 16.4. The molecule has 224 valence electrons. The summed E-state index contributed by atoms with van der Waals surface area (Å²) >= 11 is 6.39. The van der Waals surface area contributed by atoms with Crippen LogP contribution in [0, 0.1) is 11.8 Å². The molecule has 1 amide bonds. The van der Waals surface area contributed by atoms with Gasteiger partial charge in [0.25, 0.3) is 5.91 Å². The minimum Gasteiger partial charge on any atom is -0.489 e. The Morgan fingerprint density at radius 3 is 2.73 bits per heavy atom. The van der Waals surface area contributed by atoms with Crippen LogP contribution in [0.4, 0.5) is 5.82 Å². The predicted molar refractivity (Wildman–Crippen MR) is 167 cm³/mol. The van der Waals surface area contributed by atoms with Gasteiger partial charge in [-0.2, -0.15) is 0 Å². The number of methoxy groups -OCH3 is 1. The van der Waals surface area contributed by atoms with E-state index in [4.69, 9.17) is 26.1 Å². The van der Waals surface area contributed by atoms with E-state index in [1.165, 1.54) is 11.1 Å². The average Bonchev–Trinajstić information content (AvgIpc) is 3.12. The van der Waals surface area contributed by atoms with Gasteiger partial charge in [-0.15, -0.1) is 0 Å². The van der Waals surface area contributed by atoms with Gasteiger partial charge in [0.2, 0.25) is 0 Å². The molecule has 0 spiro atoms. The van der Waals surface area contributed by atoms with Crippen LogP contribution in [-0.2, 0) is 22.1 Å². The van der Waals surface area contributed by atoms with Gasteiger partial charge in [0.1, 0.15) is 16.7 Å². The summed E-state index contributed by atoms with van der Waals surface area (Å²) in [5, 5.41) is 0.550. The van der Waals surface area contributed by atoms with E-state index < -0.39 is 16.9 Å². The number of hydrogen-bond acceptors (Lipinski definition) is 6. The molecule has 41 heavy (non-hydrogen) atoms. The summed E-state index contributed by atoms with van der Waals surface area (Å²) in [5.41, 5.74) is 2.72. The van der Waals surface area contributed by atoms with Crippen molar-refractivity contribution in [1.82, 2.24) is 9.71 Å². The first kappa shape index (κ1) is 31.5. The van der Waals surface area contributed by atoms with E-state index in [0.717, 1.165) is 43.7 Å². The van der Waals surface area contributed by atoms with Crippen LogP contribution in [-0.4, -0.2) is 53.3 Å². The largest absolute Gasteiger partial charge is 0.489 e. The van der Waals surface area contributed by atoms with E-state index in [9.17, 15) is 9.00 Å². The Kier molecular flexibility index (Phi) is 11.3. The number of rotatable bonds is 12. The number of ether oxygens (including phenoxy) is 2. The van der Waals surface area contributed by atoms with Gasteiger partial charge < -0.3 is 14.4 Å². The second-order valence-corrected chi connectivity index (χ2v) is 13.5. The molecule has 4 rings (SSSR count). The van der Waals surface area contributed by atoms with E-state index in [2.05, 4.69) is 47.8 Å². The van der Waals surface area contributed by atoms with Gasteiger partial charge in [-0.1, -0.05) is 50.1 Å². The summed E-state index contributed by atoms with van der Waals surface area (Å²) in [6.07, 6.45) is 9.62. The molecule has 0 radical (unpaired) electrons. The maximum absolute atomic E-state index is 13.0. The Bertz CT molecular complexity index is 1250. The molecule has 2 aromatic rings. The third-order valence-corrected chi connectivity index (χ3v) is 9.60. The third kappa shape index (κ3) is 7.70. The zero-order chi connectivity index (χ0) is 29.5. The fourth-order valence-corrected chi connectivity index (χ4v) is 6.49. The fraction of sp³-hybridized carbons (Fsp3) is 0.562. The van der Waals surface area contributed by atoms with Gasteiger partial charge >= 0.3 is 0 Å². The number of nitrogens with zero attached hydrogens (tertiary/aromatic N) is 2. The van der Waals surface area contributed by atoms with E-state index >= 15 is 0 Å². The lowest BCUT2D eigenvalue weighted by molar-refractivity contribution is 0.0134. The summed E-state index contributed by atoms with van der Waals surface area (Å²) < 4.78 is 27.2. The van der Waals surface area contributed by atoms with Crippen molar-refractivity contribution in [1.29, 1.82) is 0 Å². The van der Waals surface area contributed by atoms with Gasteiger partial charge in [-0.05, 0) is 86.8 Å². The van der Waals surface area contributed by atoms with Crippen LogP contribution in [0.2, 0.25) is 5.02 Å². The number of fused-ring (bicyclic) bond motifs is 1. The Morgan fingerprint density at radius 2 is 2.07 bits per heavy atom. The average molecular weight is 602 g/mol. The van der Waals surface area contributed by atoms with E-state index in [1.807, 2.05) is 12.1 Å². The van der Waals surface area contributed by atoms with Crippen molar-refractivity contribution in [2.75, 3.05) is 31.7 Å². The number of hydrogen-bond donors (Lipinski definition) is 1. The second-order valence-electron chi connectivity index (χ2n) is 11.3. The van der Waals surface area contributed by atoms with Crippen molar-refractivity contribution in [2.45, 2.75) is 77.1 Å². The Labute approximate surface area is 252 Å². The summed E-state index contributed by atoms with van der Waals surface area (Å²) in [5.74, 6) is 1.80. The molecule has 0 saturated heterocycles. The topological polar surface area (TPSA) is 80.8 Å². The van der Waals surface area contributed by atoms with Crippen molar-refractivity contribution in [3.8, 4) is 5.75 Å². The molecule has 5 unspecified atom stereocenters. The monoisotopic (exact) mass is 601 g/mol. The molecule has 9 heteroatoms. The fourth-order valence-electron chi connectivity index (χ4n) is 5.77. The van der Waals surface area contributed by atoms with Gasteiger partial charge in [-0.25, -0.2) is 9.19 Å². The predicted octanol–water partition coefficient (Wildman–Crippen LogP) is 6.48. The van der Waals surface area contributed by atoms with Crippen molar-refractivity contribution in [3.63, 3.8) is 0 Å². The number of nitrogens with one attached hydrogen (secondary N) is 1. The molecule has 1 aliphatic heterocycles. The van der Waals surface area contributed by atoms with Gasteiger partial charge in [-0.3, -0.25) is 9.52 Å². The molecule has 0 bridgehead atoms. The molecule has 1 aromatic heterocycles. The number of anilines is 1. The highest BCUT2D eigenvalue weighted by atomic mass is 35.5. The summed E-state index contributed by atoms with van der Waals surface area (Å²) in [6.45, 7) is 9.90. The summed E-state index contributed by atoms with van der Waals surface area (Å²) in [4.78, 5) is 20.1. The third-order valence-electron chi connectivity index (χ3n) is 8.12. The number of halogens is 1. The van der Waals surface area contributed by atoms with Crippen molar-refractivity contribution in [3.05, 3.63) is 64.3 Å². The minimum atomic E-state index is -1.48. The quantitative estimate of drug-likeness (QED) is 0.281. The maximum atomic E-state index is 13.0. The van der Waals surface area contributed by atoms with Crippen LogP contribution in [0.3, 0.4) is 0 Å². The summed E-state index contributed by atoms with van der Waals surface area (Å²) in [6, 6.07) is 9.63. The van der Waals surface area contributed by atoms with Gasteiger partial charge in [0, 0.05) is 36.4 Å². The lowest BCUT2D eigenvalue weighted by Crippen LogP contribution is -2.44. The number of pyridine rings is 1. The molecule has 7 nitrogen and oxygen atoms in total. The smallest absolute Gasteiger partial charge is 0.281 e. The molecular formula is C32H44ClN3O4S. The standard InChI is InChI=1S/C32H44ClN3O4S/c1-6-8-10-29(39-5)27-13-11-23(27)18-36-19-24(26-14-12-25(33)17-22(26)9-7-2)20-40-30-16-15-28(34-31(30)36)32(37)35-41(38)21(3)4/h8,10,12,14-17,21,23-24,27,29H,6-7,9,11,13,18-20H2,1-5H3,(H,35,37)/b10-8+. The highest BCUT2D eigenvalue weighted by Gasteiger charge is 2.39. The molecule has 1 aliphatic carbocycles. The molecule has 1 N–H and O–H groups in total. The highest BCUT2D eigenvalue weighted by molar-refractivity contribution is 7.84. The van der Waals surface area contributed by atoms with Crippen LogP contribution >= 0.6 is 11.6 Å². The van der Waals surface area contributed by atoms with Crippen LogP contribution in [0.5, 0.6) is 5.75 Å². The number of allylic oxidation sites excluding steroid dienone is 1. The highest BCUT2D eigenvalue weighted by Crippen LogP contribution is 2.42. The van der Waals surface area contributed by atoms with Crippen molar-refractivity contribution in [2.24, 2.45) is 11.8 Å². The van der Waals surface area contributed by atoms with E-state index in [0.29, 0.717) is 36.6 Å². The normalized spacial score (nSPS) is 22.0. The van der Waals surface area contributed by atoms with Crippen molar-refractivity contribution >= 4 is 34.3 Å². The lowest BCUT2D eigenvalue weighted by atomic mass is 9.70. The summed E-state index contributed by atoms with van der Waals surface area (Å²) in [7, 11) is 0.301. The zero-order valence-electron chi connectivity index (χ0n) is 24.9. The molecular weight excluding hydrogens is 558 g/mol. The van der Waals surface area contributed by atoms with Gasteiger partial charge in [0.15, 0.2) is 11.6 Å². The Hall–Kier alpha value is -2.42. The number of aryl methyl sites for hydroxylation is 1. The van der Waals surface area contributed by atoms with E-state index in [1.54, 1.807) is 27.0 Å². The Balaban J connectivity index is 1.67. The molecule has 5 atom stereocenters. The minimum absolute atomic E-state index is 0.0794. The first-order valence-electron chi connectivity index (χ1n) is 14.8. The Morgan fingerprint density at radius 1 is 1.27 bits per heavy atom. The molecule has 1 fully saturated rings. The van der Waals surface area contributed by atoms with Crippen LogP contribution in [0.15, 0.2) is 42.5 Å². The number of carbonyl (C=O) groups excluding carboxylic acids is 1. The molecule has 1 saturated carbocycles. The lowest BCUT2D eigenvalue weighted by Gasteiger charge is -2.43. The second kappa shape index (κ2) is 14.7. The SMILES string of the molecule is CC/C=C/C(OC)C1CCC1CN1CC(c2ccc(Cl)cc2CCC)COc2ccc(C(=O)NS(=O)C(C)C)nc21. The molecule has 1 aromatic carbocycles. The van der Waals surface area contributed by atoms with Gasteiger partial charge in [0.05, 0.1) is 12.7 Å². The number of carbonyl (C=O) groups is 1. The van der Waals surface area contributed by atoms with E-state index in [-0.39, 0.29) is 23.0 Å².